The number of nitrogens with one attached hydrogen (secondary N) is 1. The van der Waals surface area contributed by atoms with E-state index in [9.17, 15) is 17.6 Å². The predicted octanol–water partition coefficient (Wildman–Crippen LogP) is 5.16. The van der Waals surface area contributed by atoms with Gasteiger partial charge in [-0.2, -0.15) is 0 Å². The zero-order valence-corrected chi connectivity index (χ0v) is 15.9. The van der Waals surface area contributed by atoms with E-state index in [4.69, 9.17) is 23.2 Å². The van der Waals surface area contributed by atoms with Gasteiger partial charge in [-0.3, -0.25) is 9.52 Å². The van der Waals surface area contributed by atoms with E-state index in [2.05, 4.69) is 4.72 Å². The molecule has 138 valence electrons. The Hall–Kier alpha value is -2.41. The maximum atomic E-state index is 13.7. The van der Waals surface area contributed by atoms with Crippen molar-refractivity contribution >= 4 is 44.7 Å². The third kappa shape index (κ3) is 4.30. The van der Waals surface area contributed by atoms with Gasteiger partial charge in [0.25, 0.3) is 10.0 Å². The quantitative estimate of drug-likeness (QED) is 0.576. The van der Waals surface area contributed by atoms with Crippen molar-refractivity contribution in [3.8, 4) is 0 Å². The molecule has 0 aromatic heterocycles. The highest BCUT2D eigenvalue weighted by atomic mass is 35.5. The normalized spacial score (nSPS) is 11.2. The molecule has 8 heteroatoms. The summed E-state index contributed by atoms with van der Waals surface area (Å²) in [6.07, 6.45) is 0. The largest absolute Gasteiger partial charge is 0.289 e. The Labute approximate surface area is 165 Å². The Balaban J connectivity index is 2.02. The van der Waals surface area contributed by atoms with Crippen LogP contribution in [0.1, 0.15) is 15.9 Å². The summed E-state index contributed by atoms with van der Waals surface area (Å²) < 4.78 is 41.3. The second kappa shape index (κ2) is 7.68. The molecule has 0 aliphatic carbocycles. The number of carbonyl (C=O) groups is 1. The number of hydrogen-bond donors (Lipinski definition) is 1. The molecule has 4 nitrogen and oxygen atoms in total. The first-order valence-electron chi connectivity index (χ1n) is 7.65. The first-order chi connectivity index (χ1) is 12.8. The second-order valence-electron chi connectivity index (χ2n) is 5.57. The van der Waals surface area contributed by atoms with Crippen molar-refractivity contribution in [1.29, 1.82) is 0 Å². The molecule has 27 heavy (non-hydrogen) atoms. The molecule has 3 rings (SSSR count). The molecule has 0 radical (unpaired) electrons. The number of carbonyl (C=O) groups excluding carboxylic acids is 1. The summed E-state index contributed by atoms with van der Waals surface area (Å²) in [4.78, 5) is 12.6. The lowest BCUT2D eigenvalue weighted by molar-refractivity contribution is 0.103. The molecule has 0 atom stereocenters. The number of hydrogen-bond acceptors (Lipinski definition) is 3. The molecule has 0 unspecified atom stereocenters. The van der Waals surface area contributed by atoms with E-state index in [1.54, 1.807) is 30.3 Å². The fraction of sp³-hybridized carbons (Fsp3) is 0. The van der Waals surface area contributed by atoms with Gasteiger partial charge in [-0.25, -0.2) is 12.8 Å². The van der Waals surface area contributed by atoms with Crippen LogP contribution in [0.3, 0.4) is 0 Å². The Morgan fingerprint density at radius 1 is 0.889 bits per heavy atom. The number of benzene rings is 3. The highest BCUT2D eigenvalue weighted by molar-refractivity contribution is 7.92. The van der Waals surface area contributed by atoms with E-state index in [1.165, 1.54) is 24.3 Å². The molecule has 0 saturated heterocycles. The SMILES string of the molecule is O=C(c1ccccc1)c1cc(F)ccc1NS(=O)(=O)c1ccc(Cl)c(Cl)c1. The van der Waals surface area contributed by atoms with Crippen LogP contribution in [-0.2, 0) is 10.0 Å². The van der Waals surface area contributed by atoms with Crippen LogP contribution in [-0.4, -0.2) is 14.2 Å². The van der Waals surface area contributed by atoms with Gasteiger partial charge >= 0.3 is 0 Å². The highest BCUT2D eigenvalue weighted by Crippen LogP contribution is 2.28. The summed E-state index contributed by atoms with van der Waals surface area (Å²) in [5.41, 5.74) is 0.152. The molecule has 0 saturated carbocycles. The maximum Gasteiger partial charge on any atom is 0.261 e. The van der Waals surface area contributed by atoms with Gasteiger partial charge in [-0.1, -0.05) is 53.5 Å². The lowest BCUT2D eigenvalue weighted by atomic mass is 10.0. The van der Waals surface area contributed by atoms with Crippen LogP contribution in [0.5, 0.6) is 0 Å². The molecule has 3 aromatic carbocycles. The van der Waals surface area contributed by atoms with Gasteiger partial charge in [0.2, 0.25) is 0 Å². The van der Waals surface area contributed by atoms with E-state index in [1.807, 2.05) is 0 Å². The Morgan fingerprint density at radius 2 is 1.59 bits per heavy atom. The molecular formula is C19H12Cl2FNO3S. The van der Waals surface area contributed by atoms with E-state index < -0.39 is 21.6 Å². The van der Waals surface area contributed by atoms with Crippen LogP contribution in [0.25, 0.3) is 0 Å². The summed E-state index contributed by atoms with van der Waals surface area (Å²) in [7, 11) is -4.07. The lowest BCUT2D eigenvalue weighted by Gasteiger charge is -2.13. The van der Waals surface area contributed by atoms with Crippen molar-refractivity contribution in [1.82, 2.24) is 0 Å². The van der Waals surface area contributed by atoms with Crippen LogP contribution in [0.15, 0.2) is 71.6 Å². The molecule has 0 heterocycles. The maximum absolute atomic E-state index is 13.7. The highest BCUT2D eigenvalue weighted by Gasteiger charge is 2.21. The van der Waals surface area contributed by atoms with Crippen LogP contribution >= 0.6 is 23.2 Å². The summed E-state index contributed by atoms with van der Waals surface area (Å²) in [5, 5.41) is 0.275. The smallest absolute Gasteiger partial charge is 0.261 e. The molecule has 0 bridgehead atoms. The molecule has 0 amide bonds. The standard InChI is InChI=1S/C19H12Cl2FNO3S/c20-16-8-7-14(11-17(16)21)27(25,26)23-18-9-6-13(22)10-15(18)19(24)12-4-2-1-3-5-12/h1-11,23H. The van der Waals surface area contributed by atoms with Crippen LogP contribution in [0.4, 0.5) is 10.1 Å². The fourth-order valence-corrected chi connectivity index (χ4v) is 3.85. The van der Waals surface area contributed by atoms with Crippen molar-refractivity contribution in [3.05, 3.63) is 93.7 Å². The molecular weight excluding hydrogens is 412 g/mol. The zero-order valence-electron chi connectivity index (χ0n) is 13.6. The summed E-state index contributed by atoms with van der Waals surface area (Å²) in [5.74, 6) is -1.17. The minimum absolute atomic E-state index is 0.0451. The number of sulfonamides is 1. The van der Waals surface area contributed by atoms with Crippen molar-refractivity contribution in [2.75, 3.05) is 4.72 Å². The monoisotopic (exact) mass is 423 g/mol. The van der Waals surface area contributed by atoms with Gasteiger partial charge in [0.15, 0.2) is 5.78 Å². The van der Waals surface area contributed by atoms with E-state index in [0.717, 1.165) is 12.1 Å². The van der Waals surface area contributed by atoms with Crippen LogP contribution < -0.4 is 4.72 Å². The van der Waals surface area contributed by atoms with E-state index >= 15 is 0 Å². The van der Waals surface area contributed by atoms with Gasteiger partial charge in [0.05, 0.1) is 20.6 Å². The molecule has 3 aromatic rings. The molecule has 0 fully saturated rings. The molecule has 0 aliphatic heterocycles. The predicted molar refractivity (Wildman–Crippen MR) is 104 cm³/mol. The molecule has 0 spiro atoms. The summed E-state index contributed by atoms with van der Waals surface area (Å²) >= 11 is 11.7. The molecule has 0 aliphatic rings. The van der Waals surface area contributed by atoms with Crippen molar-refractivity contribution in [2.24, 2.45) is 0 Å². The van der Waals surface area contributed by atoms with Gasteiger partial charge in [0.1, 0.15) is 5.82 Å². The first kappa shape index (κ1) is 19.4. The Bertz CT molecular complexity index is 1120. The third-order valence-electron chi connectivity index (χ3n) is 3.71. The minimum atomic E-state index is -4.07. The second-order valence-corrected chi connectivity index (χ2v) is 8.06. The van der Waals surface area contributed by atoms with Crippen LogP contribution in [0, 0.1) is 5.82 Å². The van der Waals surface area contributed by atoms with Crippen molar-refractivity contribution in [3.63, 3.8) is 0 Å². The van der Waals surface area contributed by atoms with Crippen molar-refractivity contribution in [2.45, 2.75) is 4.90 Å². The van der Waals surface area contributed by atoms with Gasteiger partial charge in [-0.05, 0) is 36.4 Å². The van der Waals surface area contributed by atoms with E-state index in [-0.39, 0.29) is 26.2 Å². The molecule has 1 N–H and O–H groups in total. The Morgan fingerprint density at radius 3 is 2.26 bits per heavy atom. The average molecular weight is 424 g/mol. The summed E-state index contributed by atoms with van der Waals surface area (Å²) in [6, 6.07) is 15.2. The van der Waals surface area contributed by atoms with Gasteiger partial charge in [0, 0.05) is 11.1 Å². The lowest BCUT2D eigenvalue weighted by Crippen LogP contribution is -2.16. The number of anilines is 1. The number of halogens is 3. The fourth-order valence-electron chi connectivity index (χ4n) is 2.39. The third-order valence-corrected chi connectivity index (χ3v) is 5.81. The first-order valence-corrected chi connectivity index (χ1v) is 9.89. The average Bonchev–Trinajstić information content (AvgIpc) is 2.65. The topological polar surface area (TPSA) is 63.2 Å². The van der Waals surface area contributed by atoms with Crippen molar-refractivity contribution < 1.29 is 17.6 Å². The van der Waals surface area contributed by atoms with E-state index in [0.29, 0.717) is 5.56 Å². The number of ketones is 1. The van der Waals surface area contributed by atoms with Gasteiger partial charge < -0.3 is 0 Å². The summed E-state index contributed by atoms with van der Waals surface area (Å²) in [6.45, 7) is 0. The van der Waals surface area contributed by atoms with Crippen LogP contribution in [0.2, 0.25) is 10.0 Å². The number of rotatable bonds is 5. The Kier molecular flexibility index (Phi) is 5.51. The van der Waals surface area contributed by atoms with Gasteiger partial charge in [-0.15, -0.1) is 0 Å². The zero-order chi connectivity index (χ0) is 19.6. The minimum Gasteiger partial charge on any atom is -0.289 e.